The summed E-state index contributed by atoms with van der Waals surface area (Å²) < 4.78 is 0. The van der Waals surface area contributed by atoms with Gasteiger partial charge in [0.25, 0.3) is 5.91 Å². The van der Waals surface area contributed by atoms with E-state index in [4.69, 9.17) is 5.11 Å². The Bertz CT molecular complexity index is 419. The standard InChI is InChI=1S/C12H14N2O3/c15-11(9-5-2-1-3-6-9)13-14-8-4-7-10(14)12(16)17/h1-3,5-6,10H,4,7-8H2,(H,13,15)(H,16,17). The van der Waals surface area contributed by atoms with Crippen LogP contribution in [0.15, 0.2) is 30.3 Å². The molecule has 2 N–H and O–H groups in total. The molecule has 0 aromatic heterocycles. The minimum absolute atomic E-state index is 0.265. The highest BCUT2D eigenvalue weighted by molar-refractivity contribution is 5.94. The fraction of sp³-hybridized carbons (Fsp3) is 0.333. The minimum atomic E-state index is -0.893. The second kappa shape index (κ2) is 4.97. The Labute approximate surface area is 99.0 Å². The lowest BCUT2D eigenvalue weighted by Gasteiger charge is -2.21. The summed E-state index contributed by atoms with van der Waals surface area (Å²) in [6, 6.07) is 8.15. The van der Waals surface area contributed by atoms with Gasteiger partial charge in [0.1, 0.15) is 6.04 Å². The molecule has 2 rings (SSSR count). The zero-order valence-corrected chi connectivity index (χ0v) is 9.30. The number of carbonyl (C=O) groups is 2. The first kappa shape index (κ1) is 11.6. The SMILES string of the molecule is O=C(NN1CCCC1C(=O)O)c1ccccc1. The molecule has 1 heterocycles. The van der Waals surface area contributed by atoms with Crippen molar-refractivity contribution in [1.82, 2.24) is 10.4 Å². The molecule has 1 aliphatic rings. The molecule has 1 aliphatic heterocycles. The summed E-state index contributed by atoms with van der Waals surface area (Å²) >= 11 is 0. The van der Waals surface area contributed by atoms with Crippen LogP contribution in [0.4, 0.5) is 0 Å². The van der Waals surface area contributed by atoms with Gasteiger partial charge in [-0.1, -0.05) is 18.2 Å². The number of hydrogen-bond acceptors (Lipinski definition) is 3. The summed E-state index contributed by atoms with van der Waals surface area (Å²) in [6.45, 7) is 0.579. The van der Waals surface area contributed by atoms with Crippen LogP contribution in [0.3, 0.4) is 0 Å². The molecule has 1 atom stereocenters. The fourth-order valence-corrected chi connectivity index (χ4v) is 1.94. The Morgan fingerprint density at radius 2 is 2.00 bits per heavy atom. The second-order valence-corrected chi connectivity index (χ2v) is 4.00. The molecular weight excluding hydrogens is 220 g/mol. The molecule has 0 aliphatic carbocycles. The van der Waals surface area contributed by atoms with E-state index >= 15 is 0 Å². The van der Waals surface area contributed by atoms with Crippen molar-refractivity contribution < 1.29 is 14.7 Å². The maximum atomic E-state index is 11.8. The van der Waals surface area contributed by atoms with Gasteiger partial charge in [0.2, 0.25) is 0 Å². The minimum Gasteiger partial charge on any atom is -0.480 e. The van der Waals surface area contributed by atoms with Crippen LogP contribution in [-0.2, 0) is 4.79 Å². The molecule has 0 saturated carbocycles. The molecule has 1 saturated heterocycles. The van der Waals surface area contributed by atoms with Crippen LogP contribution < -0.4 is 5.43 Å². The van der Waals surface area contributed by atoms with Crippen LogP contribution in [0.1, 0.15) is 23.2 Å². The summed E-state index contributed by atoms with van der Waals surface area (Å²) in [5.74, 6) is -1.16. The highest BCUT2D eigenvalue weighted by Gasteiger charge is 2.31. The number of amides is 1. The summed E-state index contributed by atoms with van der Waals surface area (Å²) in [4.78, 5) is 22.8. The predicted molar refractivity (Wildman–Crippen MR) is 61.3 cm³/mol. The van der Waals surface area contributed by atoms with E-state index in [1.165, 1.54) is 5.01 Å². The van der Waals surface area contributed by atoms with Crippen molar-refractivity contribution in [3.8, 4) is 0 Å². The van der Waals surface area contributed by atoms with Crippen LogP contribution in [0.25, 0.3) is 0 Å². The van der Waals surface area contributed by atoms with Crippen molar-refractivity contribution in [3.63, 3.8) is 0 Å². The maximum Gasteiger partial charge on any atom is 0.322 e. The number of benzene rings is 1. The largest absolute Gasteiger partial charge is 0.480 e. The van der Waals surface area contributed by atoms with E-state index in [0.717, 1.165) is 6.42 Å². The third kappa shape index (κ3) is 2.62. The molecule has 5 nitrogen and oxygen atoms in total. The molecule has 1 fully saturated rings. The maximum absolute atomic E-state index is 11.8. The van der Waals surface area contributed by atoms with Gasteiger partial charge in [0, 0.05) is 12.1 Å². The number of nitrogens with one attached hydrogen (secondary N) is 1. The van der Waals surface area contributed by atoms with Crippen molar-refractivity contribution in [2.45, 2.75) is 18.9 Å². The first-order valence-electron chi connectivity index (χ1n) is 5.54. The Balaban J connectivity index is 2.02. The van der Waals surface area contributed by atoms with Gasteiger partial charge in [-0.05, 0) is 25.0 Å². The smallest absolute Gasteiger partial charge is 0.322 e. The highest BCUT2D eigenvalue weighted by Crippen LogP contribution is 2.15. The molecule has 0 spiro atoms. The lowest BCUT2D eigenvalue weighted by Crippen LogP contribution is -2.48. The van der Waals surface area contributed by atoms with E-state index in [-0.39, 0.29) is 5.91 Å². The van der Waals surface area contributed by atoms with Crippen molar-refractivity contribution in [2.75, 3.05) is 6.54 Å². The average Bonchev–Trinajstić information content (AvgIpc) is 2.78. The Morgan fingerprint density at radius 1 is 1.29 bits per heavy atom. The number of carboxylic acid groups (broad SMARTS) is 1. The van der Waals surface area contributed by atoms with Crippen LogP contribution in [0, 0.1) is 0 Å². The number of carbonyl (C=O) groups excluding carboxylic acids is 1. The third-order valence-corrected chi connectivity index (χ3v) is 2.82. The lowest BCUT2D eigenvalue weighted by atomic mass is 10.2. The Hall–Kier alpha value is -1.88. The first-order chi connectivity index (χ1) is 8.18. The monoisotopic (exact) mass is 234 g/mol. The highest BCUT2D eigenvalue weighted by atomic mass is 16.4. The molecule has 0 radical (unpaired) electrons. The fourth-order valence-electron chi connectivity index (χ4n) is 1.94. The van der Waals surface area contributed by atoms with E-state index in [1.807, 2.05) is 6.07 Å². The van der Waals surface area contributed by atoms with Crippen molar-refractivity contribution in [2.24, 2.45) is 0 Å². The van der Waals surface area contributed by atoms with Gasteiger partial charge in [-0.15, -0.1) is 0 Å². The molecule has 0 bridgehead atoms. The van der Waals surface area contributed by atoms with Crippen LogP contribution in [0.5, 0.6) is 0 Å². The topological polar surface area (TPSA) is 69.6 Å². The number of aliphatic carboxylic acids is 1. The lowest BCUT2D eigenvalue weighted by molar-refractivity contribution is -0.142. The quantitative estimate of drug-likeness (QED) is 0.814. The Kier molecular flexibility index (Phi) is 3.39. The molecule has 90 valence electrons. The van der Waals surface area contributed by atoms with Gasteiger partial charge in [0.15, 0.2) is 0 Å². The second-order valence-electron chi connectivity index (χ2n) is 4.00. The molecule has 1 amide bonds. The zero-order chi connectivity index (χ0) is 12.3. The van der Waals surface area contributed by atoms with E-state index < -0.39 is 12.0 Å². The average molecular weight is 234 g/mol. The summed E-state index contributed by atoms with van der Waals surface area (Å²) in [5.41, 5.74) is 3.17. The van der Waals surface area contributed by atoms with Crippen LogP contribution in [-0.4, -0.2) is 34.6 Å². The van der Waals surface area contributed by atoms with Gasteiger partial charge in [-0.2, -0.15) is 0 Å². The predicted octanol–water partition coefficient (Wildman–Crippen LogP) is 0.880. The molecule has 17 heavy (non-hydrogen) atoms. The van der Waals surface area contributed by atoms with Crippen LogP contribution in [0.2, 0.25) is 0 Å². The van der Waals surface area contributed by atoms with E-state index in [2.05, 4.69) is 5.43 Å². The van der Waals surface area contributed by atoms with E-state index in [1.54, 1.807) is 24.3 Å². The zero-order valence-electron chi connectivity index (χ0n) is 9.30. The summed E-state index contributed by atoms with van der Waals surface area (Å²) in [6.07, 6.45) is 1.36. The molecular formula is C12H14N2O3. The van der Waals surface area contributed by atoms with Crippen molar-refractivity contribution in [3.05, 3.63) is 35.9 Å². The molecule has 5 heteroatoms. The number of nitrogens with zero attached hydrogens (tertiary/aromatic N) is 1. The molecule has 1 aromatic carbocycles. The summed E-state index contributed by atoms with van der Waals surface area (Å²) in [5, 5.41) is 10.5. The van der Waals surface area contributed by atoms with Gasteiger partial charge < -0.3 is 5.11 Å². The normalized spacial score (nSPS) is 20.1. The van der Waals surface area contributed by atoms with Gasteiger partial charge in [0.05, 0.1) is 0 Å². The number of hydrazine groups is 1. The van der Waals surface area contributed by atoms with Crippen LogP contribution >= 0.6 is 0 Å². The van der Waals surface area contributed by atoms with E-state index in [9.17, 15) is 9.59 Å². The Morgan fingerprint density at radius 3 is 2.65 bits per heavy atom. The van der Waals surface area contributed by atoms with Gasteiger partial charge in [-0.3, -0.25) is 15.0 Å². The number of hydrogen-bond donors (Lipinski definition) is 2. The first-order valence-corrected chi connectivity index (χ1v) is 5.54. The molecule has 1 unspecified atom stereocenters. The van der Waals surface area contributed by atoms with Crippen molar-refractivity contribution >= 4 is 11.9 Å². The third-order valence-electron chi connectivity index (χ3n) is 2.82. The number of carboxylic acids is 1. The van der Waals surface area contributed by atoms with Gasteiger partial charge >= 0.3 is 5.97 Å². The van der Waals surface area contributed by atoms with E-state index in [0.29, 0.717) is 18.5 Å². The molecule has 1 aromatic rings. The number of rotatable bonds is 3. The van der Waals surface area contributed by atoms with Gasteiger partial charge in [-0.25, -0.2) is 5.01 Å². The van der Waals surface area contributed by atoms with Crippen molar-refractivity contribution in [1.29, 1.82) is 0 Å². The summed E-state index contributed by atoms with van der Waals surface area (Å²) in [7, 11) is 0.